The van der Waals surface area contributed by atoms with Gasteiger partial charge in [-0.15, -0.1) is 10.2 Å². The Bertz CT molecular complexity index is 2170. The Balaban J connectivity index is 1.40. The monoisotopic (exact) mass is 580 g/mol. The quantitative estimate of drug-likeness (QED) is 0.209. The van der Waals surface area contributed by atoms with Gasteiger partial charge in [0.05, 0.1) is 5.41 Å². The van der Waals surface area contributed by atoms with Crippen LogP contribution < -0.4 is 0 Å². The second kappa shape index (κ2) is 9.83. The van der Waals surface area contributed by atoms with Gasteiger partial charge in [-0.2, -0.15) is 0 Å². The van der Waals surface area contributed by atoms with E-state index in [0.717, 1.165) is 28.1 Å². The van der Waals surface area contributed by atoms with E-state index in [2.05, 4.69) is 113 Å². The Morgan fingerprint density at radius 1 is 0.477 bits per heavy atom. The Hall–Kier alpha value is -5.39. The predicted octanol–water partition coefficient (Wildman–Crippen LogP) is 9.10. The van der Waals surface area contributed by atoms with Crippen LogP contribution in [0.25, 0.3) is 45.0 Å². The molecule has 7 aromatic rings. The van der Waals surface area contributed by atoms with E-state index in [1.165, 1.54) is 43.2 Å². The third-order valence-electron chi connectivity index (χ3n) is 8.78. The maximum Gasteiger partial charge on any atom is 0.183 e. The molecule has 0 saturated heterocycles. The summed E-state index contributed by atoms with van der Waals surface area (Å²) in [6.45, 7) is 0. The normalized spacial score (nSPS) is 13.5. The number of rotatable bonds is 3. The molecule has 2 aromatic heterocycles. The van der Waals surface area contributed by atoms with Crippen LogP contribution in [0.3, 0.4) is 0 Å². The zero-order valence-corrected chi connectivity index (χ0v) is 24.4. The fourth-order valence-electron chi connectivity index (χ4n) is 7.02. The lowest BCUT2D eigenvalue weighted by Crippen LogP contribution is -2.31. The lowest BCUT2D eigenvalue weighted by atomic mass is 9.67. The molecular weight excluding hydrogens is 557 g/mol. The van der Waals surface area contributed by atoms with Crippen LogP contribution in [-0.4, -0.2) is 20.2 Å². The van der Waals surface area contributed by atoms with E-state index in [4.69, 9.17) is 10.1 Å². The van der Waals surface area contributed by atoms with Crippen molar-refractivity contribution in [3.05, 3.63) is 168 Å². The van der Waals surface area contributed by atoms with Gasteiger partial charge in [0.15, 0.2) is 5.82 Å². The van der Waals surface area contributed by atoms with E-state index < -0.39 is 5.41 Å². The number of pyridine rings is 1. The van der Waals surface area contributed by atoms with Gasteiger partial charge in [0.2, 0.25) is 0 Å². The minimum Gasteiger partial charge on any atom is -0.264 e. The van der Waals surface area contributed by atoms with Crippen LogP contribution in [0.2, 0.25) is 0 Å². The minimum atomic E-state index is -0.458. The summed E-state index contributed by atoms with van der Waals surface area (Å²) in [5.74, 6) is 0.552. The van der Waals surface area contributed by atoms with Crippen LogP contribution in [0.5, 0.6) is 0 Å². The Labute approximate surface area is 259 Å². The molecule has 0 bridgehead atoms. The number of hydrogen-bond acceptors (Lipinski definition) is 5. The summed E-state index contributed by atoms with van der Waals surface area (Å²) >= 11 is 1.86. The average molecular weight is 581 g/mol. The highest BCUT2D eigenvalue weighted by atomic mass is 32.2. The molecule has 0 saturated carbocycles. The second-order valence-corrected chi connectivity index (χ2v) is 12.1. The molecule has 0 atom stereocenters. The zero-order valence-electron chi connectivity index (χ0n) is 23.6. The lowest BCUT2D eigenvalue weighted by Gasteiger charge is -2.39. The summed E-state index contributed by atoms with van der Waals surface area (Å²) in [5.41, 5.74) is 11.5. The topological polar surface area (TPSA) is 51.6 Å². The highest BCUT2D eigenvalue weighted by molar-refractivity contribution is 7.99. The van der Waals surface area contributed by atoms with Gasteiger partial charge in [0.25, 0.3) is 0 Å². The number of aromatic nitrogens is 4. The molecule has 5 heteroatoms. The fraction of sp³-hybridized carbons (Fsp3) is 0.0256. The minimum absolute atomic E-state index is 0.458. The maximum atomic E-state index is 5.24. The molecule has 1 aliphatic heterocycles. The fourth-order valence-corrected chi connectivity index (χ4v) is 8.21. The third kappa shape index (κ3) is 3.53. The molecule has 4 nitrogen and oxygen atoms in total. The summed E-state index contributed by atoms with van der Waals surface area (Å²) in [4.78, 5) is 12.1. The van der Waals surface area contributed by atoms with Crippen LogP contribution >= 0.6 is 11.8 Å². The molecule has 3 heterocycles. The molecule has 0 fully saturated rings. The van der Waals surface area contributed by atoms with Crippen molar-refractivity contribution in [3.8, 4) is 45.0 Å². The zero-order chi connectivity index (χ0) is 29.1. The highest BCUT2D eigenvalue weighted by Crippen LogP contribution is 2.63. The molecule has 1 aliphatic carbocycles. The van der Waals surface area contributed by atoms with Crippen LogP contribution in [0, 0.1) is 0 Å². The van der Waals surface area contributed by atoms with Gasteiger partial charge in [0, 0.05) is 38.9 Å². The van der Waals surface area contributed by atoms with E-state index in [1.807, 2.05) is 42.1 Å². The summed E-state index contributed by atoms with van der Waals surface area (Å²) in [6.07, 6.45) is 3.55. The first-order chi connectivity index (χ1) is 21.8. The number of nitrogens with zero attached hydrogens (tertiary/aromatic N) is 4. The third-order valence-corrected chi connectivity index (χ3v) is 9.93. The molecule has 1 spiro atoms. The molecule has 0 unspecified atom stereocenters. The Morgan fingerprint density at radius 2 is 1.11 bits per heavy atom. The first-order valence-corrected chi connectivity index (χ1v) is 15.5. The van der Waals surface area contributed by atoms with E-state index in [9.17, 15) is 0 Å². The van der Waals surface area contributed by atoms with Crippen molar-refractivity contribution < 1.29 is 0 Å². The molecule has 44 heavy (non-hydrogen) atoms. The molecule has 0 amide bonds. The summed E-state index contributed by atoms with van der Waals surface area (Å²) in [6, 6.07) is 47.4. The van der Waals surface area contributed by atoms with Crippen LogP contribution in [-0.2, 0) is 5.41 Å². The van der Waals surface area contributed by atoms with Gasteiger partial charge >= 0.3 is 0 Å². The van der Waals surface area contributed by atoms with Crippen molar-refractivity contribution in [2.75, 3.05) is 0 Å². The number of fused-ring (bicyclic) bond motifs is 9. The summed E-state index contributed by atoms with van der Waals surface area (Å²) in [7, 11) is 0. The standard InChI is InChI=1S/C39H24N4S/c1-2-12-25(13-3-1)36-37(41-38(43-42-36)26-14-11-23-40-24-26)28-16-10-20-32-35(28)27-15-4-5-17-29(27)39(32)30-18-6-8-21-33(30)44-34-22-9-7-19-31(34)39/h1-24H. The van der Waals surface area contributed by atoms with Crippen molar-refractivity contribution >= 4 is 11.8 Å². The van der Waals surface area contributed by atoms with Crippen molar-refractivity contribution in [2.24, 2.45) is 0 Å². The lowest BCUT2D eigenvalue weighted by molar-refractivity contribution is 0.722. The van der Waals surface area contributed by atoms with Gasteiger partial charge in [-0.3, -0.25) is 4.98 Å². The molecule has 206 valence electrons. The van der Waals surface area contributed by atoms with Crippen LogP contribution in [0.4, 0.5) is 0 Å². The van der Waals surface area contributed by atoms with Gasteiger partial charge in [0.1, 0.15) is 11.4 Å². The second-order valence-electron chi connectivity index (χ2n) is 11.1. The highest BCUT2D eigenvalue weighted by Gasteiger charge is 2.50. The average Bonchev–Trinajstić information content (AvgIpc) is 3.40. The Kier molecular flexibility index (Phi) is 5.62. The van der Waals surface area contributed by atoms with E-state index in [1.54, 1.807) is 12.4 Å². The molecule has 0 N–H and O–H groups in total. The van der Waals surface area contributed by atoms with E-state index in [0.29, 0.717) is 5.82 Å². The largest absolute Gasteiger partial charge is 0.264 e. The van der Waals surface area contributed by atoms with Gasteiger partial charge in [-0.25, -0.2) is 4.98 Å². The predicted molar refractivity (Wildman–Crippen MR) is 175 cm³/mol. The van der Waals surface area contributed by atoms with Crippen LogP contribution in [0.15, 0.2) is 156 Å². The first-order valence-electron chi connectivity index (χ1n) is 14.6. The van der Waals surface area contributed by atoms with Crippen LogP contribution in [0.1, 0.15) is 22.3 Å². The molecule has 2 aliphatic rings. The van der Waals surface area contributed by atoms with Crippen molar-refractivity contribution in [1.82, 2.24) is 20.2 Å². The van der Waals surface area contributed by atoms with Crippen molar-refractivity contribution in [1.29, 1.82) is 0 Å². The number of benzene rings is 5. The summed E-state index contributed by atoms with van der Waals surface area (Å²) < 4.78 is 0. The Morgan fingerprint density at radius 3 is 1.86 bits per heavy atom. The SMILES string of the molecule is c1ccc(-c2nnc(-c3cccnc3)nc2-c2cccc3c2-c2ccccc2C32c3ccccc3Sc3ccccc32)cc1. The van der Waals surface area contributed by atoms with E-state index >= 15 is 0 Å². The van der Waals surface area contributed by atoms with Crippen molar-refractivity contribution in [2.45, 2.75) is 15.2 Å². The molecule has 5 aromatic carbocycles. The van der Waals surface area contributed by atoms with Gasteiger partial charge in [-0.05, 0) is 57.6 Å². The summed E-state index contributed by atoms with van der Waals surface area (Å²) in [5, 5.41) is 9.40. The number of hydrogen-bond donors (Lipinski definition) is 0. The molecule has 0 radical (unpaired) electrons. The maximum absolute atomic E-state index is 5.24. The molecular formula is C39H24N4S. The smallest absolute Gasteiger partial charge is 0.183 e. The first kappa shape index (κ1) is 25.1. The molecule has 9 rings (SSSR count). The van der Waals surface area contributed by atoms with E-state index in [-0.39, 0.29) is 0 Å². The van der Waals surface area contributed by atoms with Crippen molar-refractivity contribution in [3.63, 3.8) is 0 Å². The van der Waals surface area contributed by atoms with Gasteiger partial charge < -0.3 is 0 Å². The van der Waals surface area contributed by atoms with Gasteiger partial charge in [-0.1, -0.05) is 121 Å².